The van der Waals surface area contributed by atoms with Crippen molar-refractivity contribution in [2.45, 2.75) is 63.1 Å². The molecule has 2 aliphatic heterocycles. The Bertz CT molecular complexity index is 3000. The number of aliphatic carboxylic acids is 1. The highest BCUT2D eigenvalue weighted by atomic mass is 35.5. The van der Waals surface area contributed by atoms with Gasteiger partial charge in [-0.25, -0.2) is 23.0 Å². The topological polar surface area (TPSA) is 209 Å². The molecule has 344 valence electrons. The van der Waals surface area contributed by atoms with Crippen LogP contribution >= 0.6 is 34.5 Å². The highest BCUT2D eigenvalue weighted by molar-refractivity contribution is 7.89. The van der Waals surface area contributed by atoms with Crippen molar-refractivity contribution in [1.82, 2.24) is 19.9 Å². The maximum atomic E-state index is 14.7. The van der Waals surface area contributed by atoms with Crippen LogP contribution in [-0.2, 0) is 45.6 Å². The zero-order chi connectivity index (χ0) is 47.4. The third-order valence-electron chi connectivity index (χ3n) is 11.2. The summed E-state index contributed by atoms with van der Waals surface area (Å²) in [4.78, 5) is 44.0. The summed E-state index contributed by atoms with van der Waals surface area (Å²) in [6.45, 7) is 3.74. The fraction of sp³-hybridized carbons (Fsp3) is 0.229. The van der Waals surface area contributed by atoms with Crippen molar-refractivity contribution in [1.29, 1.82) is 5.26 Å². The number of fused-ring (bicyclic) bond motifs is 2. The molecule has 0 saturated heterocycles. The fourth-order valence-electron chi connectivity index (χ4n) is 7.70. The second-order valence-electron chi connectivity index (χ2n) is 15.7. The summed E-state index contributed by atoms with van der Waals surface area (Å²) in [5.41, 5.74) is 5.64. The van der Waals surface area contributed by atoms with Gasteiger partial charge in [0.2, 0.25) is 5.91 Å². The normalized spacial score (nSPS) is 15.9. The molecule has 3 heterocycles. The van der Waals surface area contributed by atoms with Gasteiger partial charge >= 0.3 is 12.0 Å². The van der Waals surface area contributed by atoms with Gasteiger partial charge in [0.25, 0.3) is 10.0 Å². The lowest BCUT2D eigenvalue weighted by atomic mass is 9.94. The van der Waals surface area contributed by atoms with E-state index in [0.717, 1.165) is 37.9 Å². The van der Waals surface area contributed by atoms with Crippen LogP contribution in [0.1, 0.15) is 51.3 Å². The van der Waals surface area contributed by atoms with Crippen molar-refractivity contribution < 1.29 is 42.1 Å². The first-order chi connectivity index (χ1) is 32.2. The number of halogens is 2. The minimum absolute atomic E-state index is 0.0355. The van der Waals surface area contributed by atoms with E-state index in [-0.39, 0.29) is 47.6 Å². The molecule has 6 aromatic rings. The number of amides is 3. The number of benzene rings is 5. The van der Waals surface area contributed by atoms with E-state index in [1.54, 1.807) is 62.4 Å². The molecule has 0 bridgehead atoms. The summed E-state index contributed by atoms with van der Waals surface area (Å²) >= 11 is 13.1. The Morgan fingerprint density at radius 2 is 1.63 bits per heavy atom. The number of hydrogen-bond donors (Lipinski definition) is 4. The molecule has 3 atom stereocenters. The van der Waals surface area contributed by atoms with Crippen LogP contribution in [0.25, 0.3) is 11.1 Å². The van der Waals surface area contributed by atoms with Gasteiger partial charge in [-0.1, -0.05) is 77.8 Å². The number of anilines is 1. The van der Waals surface area contributed by atoms with Crippen LogP contribution in [0.2, 0.25) is 10.0 Å². The van der Waals surface area contributed by atoms with Crippen molar-refractivity contribution in [2.24, 2.45) is 0 Å². The van der Waals surface area contributed by atoms with E-state index in [1.165, 1.54) is 0 Å². The van der Waals surface area contributed by atoms with Crippen molar-refractivity contribution in [2.75, 3.05) is 18.5 Å². The molecule has 0 spiro atoms. The number of nitrogens with zero attached hydrogens (tertiary/aromatic N) is 3. The number of hydrogen-bond acceptors (Lipinski definition) is 11. The van der Waals surface area contributed by atoms with Crippen LogP contribution in [0, 0.1) is 18.3 Å². The largest absolute Gasteiger partial charge is 0.489 e. The summed E-state index contributed by atoms with van der Waals surface area (Å²) in [5.74, 6) is -0.761. The Labute approximate surface area is 400 Å². The monoisotopic (exact) mass is 980 g/mol. The lowest BCUT2D eigenvalue weighted by Gasteiger charge is -2.36. The van der Waals surface area contributed by atoms with E-state index in [9.17, 15) is 27.9 Å². The maximum Gasteiger partial charge on any atom is 0.326 e. The molecule has 1 aromatic heterocycles. The van der Waals surface area contributed by atoms with E-state index in [4.69, 9.17) is 42.7 Å². The van der Waals surface area contributed by atoms with Crippen LogP contribution in [0.5, 0.6) is 17.2 Å². The van der Waals surface area contributed by atoms with Gasteiger partial charge in [0.05, 0.1) is 21.7 Å². The molecule has 0 aliphatic carbocycles. The summed E-state index contributed by atoms with van der Waals surface area (Å²) in [6, 6.07) is 28.9. The molecule has 0 saturated carbocycles. The fourth-order valence-corrected chi connectivity index (χ4v) is 10.8. The predicted octanol–water partition coefficient (Wildman–Crippen LogP) is 8.46. The minimum atomic E-state index is -4.57. The first kappa shape index (κ1) is 46.8. The van der Waals surface area contributed by atoms with Gasteiger partial charge < -0.3 is 30.0 Å². The molecule has 4 N–H and O–H groups in total. The number of urea groups is 1. The number of aryl methyl sites for hydroxylation is 1. The zero-order valence-corrected chi connectivity index (χ0v) is 39.1. The van der Waals surface area contributed by atoms with Crippen LogP contribution in [-0.4, -0.2) is 66.0 Å². The Balaban J connectivity index is 1.03. The van der Waals surface area contributed by atoms with Crippen LogP contribution in [0.4, 0.5) is 9.93 Å². The molecule has 19 heteroatoms. The van der Waals surface area contributed by atoms with Gasteiger partial charge in [0.1, 0.15) is 31.0 Å². The number of carbonyl (C=O) groups is 3. The van der Waals surface area contributed by atoms with E-state index >= 15 is 0 Å². The highest BCUT2D eigenvalue weighted by Gasteiger charge is 2.43. The zero-order valence-electron chi connectivity index (χ0n) is 35.9. The molecule has 15 nitrogen and oxygen atoms in total. The second-order valence-corrected chi connectivity index (χ2v) is 19.5. The Morgan fingerprint density at radius 3 is 2.30 bits per heavy atom. The molecule has 0 radical (unpaired) electrons. The third kappa shape index (κ3) is 10.6. The molecule has 8 rings (SSSR count). The standard InChI is InChI=1S/C48H42Cl2N6O9S2/c1-3-52-47(60)55-48-54-45(27(2)66-48)67(61,62)56-24-35-22-42-41(64-26-43(65-42)33-13-15-36(16-14-33)63-25-30-8-17-37(49)38(50)18-30)21-34(35)20-40(56)44(57)53-39(46(58)59)19-28-4-9-31(10-5-28)32-11-6-29(23-51)7-12-32/h4-18,21-22,39-40,43H,3,19-20,24-26H2,1-2H3,(H,53,57)(H,58,59)(H2,52,54,55,60). The van der Waals surface area contributed by atoms with E-state index in [1.807, 2.05) is 54.6 Å². The van der Waals surface area contributed by atoms with Crippen molar-refractivity contribution >= 4 is 67.6 Å². The number of nitriles is 1. The molecule has 2 aliphatic rings. The predicted molar refractivity (Wildman–Crippen MR) is 252 cm³/mol. The van der Waals surface area contributed by atoms with Crippen LogP contribution < -0.4 is 30.2 Å². The molecular weight excluding hydrogens is 940 g/mol. The van der Waals surface area contributed by atoms with Gasteiger partial charge in [-0.05, 0) is 108 Å². The molecular formula is C48H42Cl2N6O9S2. The summed E-state index contributed by atoms with van der Waals surface area (Å²) < 4.78 is 49.0. The van der Waals surface area contributed by atoms with Gasteiger partial charge in [-0.3, -0.25) is 10.1 Å². The van der Waals surface area contributed by atoms with Crippen molar-refractivity contribution in [3.8, 4) is 34.4 Å². The van der Waals surface area contributed by atoms with Gasteiger partial charge in [-0.15, -0.1) is 11.3 Å². The van der Waals surface area contributed by atoms with Gasteiger partial charge in [0, 0.05) is 24.4 Å². The van der Waals surface area contributed by atoms with Gasteiger partial charge in [0.15, 0.2) is 27.8 Å². The quantitative estimate of drug-likeness (QED) is 0.0814. The van der Waals surface area contributed by atoms with Crippen LogP contribution in [0.15, 0.2) is 108 Å². The number of carboxylic acids is 1. The van der Waals surface area contributed by atoms with Crippen molar-refractivity contribution in [3.05, 3.63) is 151 Å². The number of nitrogens with one attached hydrogen (secondary N) is 3. The highest BCUT2D eigenvalue weighted by Crippen LogP contribution is 2.42. The third-order valence-corrected chi connectivity index (χ3v) is 14.8. The summed E-state index contributed by atoms with van der Waals surface area (Å²) in [5, 5.41) is 27.8. The summed E-state index contributed by atoms with van der Waals surface area (Å²) in [7, 11) is -4.57. The lowest BCUT2D eigenvalue weighted by molar-refractivity contribution is -0.142. The van der Waals surface area contributed by atoms with E-state index in [2.05, 4.69) is 27.0 Å². The lowest BCUT2D eigenvalue weighted by Crippen LogP contribution is -2.55. The number of sulfonamides is 1. The molecule has 0 fully saturated rings. The number of carboxylic acid groups (broad SMARTS) is 1. The molecule has 67 heavy (non-hydrogen) atoms. The molecule has 5 aromatic carbocycles. The SMILES string of the molecule is CCNC(=O)Nc1nc(S(=O)(=O)N2Cc3cc4c(cc3CC2C(=O)NC(Cc2ccc(-c3ccc(C#N)cc3)cc2)C(=O)O)OCC(c2ccc(OCc3ccc(Cl)c(Cl)c3)cc2)O4)c(C)s1. The number of rotatable bonds is 14. The smallest absolute Gasteiger partial charge is 0.326 e. The average Bonchev–Trinajstić information content (AvgIpc) is 3.70. The second kappa shape index (κ2) is 20.0. The first-order valence-electron chi connectivity index (χ1n) is 21.0. The molecule has 3 unspecified atom stereocenters. The van der Waals surface area contributed by atoms with Crippen molar-refractivity contribution in [3.63, 3.8) is 0 Å². The molecule has 3 amide bonds. The summed E-state index contributed by atoms with van der Waals surface area (Å²) in [6.07, 6.45) is -0.757. The number of aromatic nitrogens is 1. The number of ether oxygens (including phenoxy) is 3. The van der Waals surface area contributed by atoms with Crippen LogP contribution in [0.3, 0.4) is 0 Å². The maximum absolute atomic E-state index is 14.7. The van der Waals surface area contributed by atoms with E-state index in [0.29, 0.717) is 56.1 Å². The Hall–Kier alpha value is -6.68. The number of thiazole rings is 1. The minimum Gasteiger partial charge on any atom is -0.489 e. The van der Waals surface area contributed by atoms with E-state index < -0.39 is 46.1 Å². The van der Waals surface area contributed by atoms with Gasteiger partial charge in [-0.2, -0.15) is 9.57 Å². The Morgan fingerprint density at radius 1 is 0.940 bits per heavy atom. The first-order valence-corrected chi connectivity index (χ1v) is 24.0. The Kier molecular flexibility index (Phi) is 14.0. The number of carbonyl (C=O) groups excluding carboxylic acids is 2. The average molecular weight is 982 g/mol.